The molecule has 2 aromatic carbocycles. The molecule has 0 radical (unpaired) electrons. The lowest BCUT2D eigenvalue weighted by atomic mass is 10.0. The second kappa shape index (κ2) is 12.8. The van der Waals surface area contributed by atoms with Gasteiger partial charge in [-0.1, -0.05) is 63.0 Å². The first-order valence-corrected chi connectivity index (χ1v) is 12.2. The molecule has 1 amide bonds. The molecule has 0 unspecified atom stereocenters. The van der Waals surface area contributed by atoms with Crippen LogP contribution < -0.4 is 16.4 Å². The number of carbonyl (C=O) groups is 1. The van der Waals surface area contributed by atoms with Crippen molar-refractivity contribution in [1.82, 2.24) is 10.3 Å². The molecule has 0 spiro atoms. The maximum atomic E-state index is 12.2. The SMILES string of the molecule is CC.CC(C)Cc1sc(Nc2cccc(C(=O)NCCN)c2)nc1-c1ccc(Cl)c(Cl)c1. The molecule has 1 heterocycles. The smallest absolute Gasteiger partial charge is 0.251 e. The average Bonchev–Trinajstić information content (AvgIpc) is 3.16. The summed E-state index contributed by atoms with van der Waals surface area (Å²) in [6.07, 6.45) is 0.899. The molecule has 32 heavy (non-hydrogen) atoms. The molecule has 8 heteroatoms. The number of halogens is 2. The first kappa shape index (κ1) is 26.1. The summed E-state index contributed by atoms with van der Waals surface area (Å²) >= 11 is 13.9. The van der Waals surface area contributed by atoms with Crippen molar-refractivity contribution in [3.8, 4) is 11.3 Å². The molecule has 0 bridgehead atoms. The van der Waals surface area contributed by atoms with E-state index in [-0.39, 0.29) is 5.91 Å². The number of nitrogens with two attached hydrogens (primary N) is 1. The fraction of sp³-hybridized carbons (Fsp3) is 0.333. The summed E-state index contributed by atoms with van der Waals surface area (Å²) in [5, 5.41) is 7.88. The maximum absolute atomic E-state index is 12.2. The number of hydrogen-bond acceptors (Lipinski definition) is 5. The average molecular weight is 494 g/mol. The molecule has 0 saturated heterocycles. The van der Waals surface area contributed by atoms with Crippen LogP contribution in [0.2, 0.25) is 10.0 Å². The first-order valence-electron chi connectivity index (χ1n) is 10.7. The molecule has 0 aliphatic rings. The number of nitrogens with zero attached hydrogens (tertiary/aromatic N) is 1. The first-order chi connectivity index (χ1) is 15.4. The van der Waals surface area contributed by atoms with Gasteiger partial charge in [-0.15, -0.1) is 11.3 Å². The van der Waals surface area contributed by atoms with Gasteiger partial charge in [0.15, 0.2) is 5.13 Å². The Morgan fingerprint density at radius 3 is 2.53 bits per heavy atom. The standard InChI is InChI=1S/C22H24Cl2N4OS.C2H6/c1-13(2)10-19-20(14-6-7-17(23)18(24)12-14)28-22(30-19)27-16-5-3-4-15(11-16)21(29)26-9-8-25;1-2/h3-7,11-13H,8-10,25H2,1-2H3,(H,26,29)(H,27,28);1-2H3. The van der Waals surface area contributed by atoms with Crippen molar-refractivity contribution in [2.45, 2.75) is 34.1 Å². The Morgan fingerprint density at radius 2 is 1.88 bits per heavy atom. The number of aromatic nitrogens is 1. The summed E-state index contributed by atoms with van der Waals surface area (Å²) in [6.45, 7) is 9.19. The third kappa shape index (κ3) is 7.20. The molecule has 0 aliphatic heterocycles. The van der Waals surface area contributed by atoms with Gasteiger partial charge in [-0.25, -0.2) is 4.98 Å². The van der Waals surface area contributed by atoms with Crippen LogP contribution in [-0.2, 0) is 6.42 Å². The van der Waals surface area contributed by atoms with Crippen molar-refractivity contribution >= 4 is 51.3 Å². The lowest BCUT2D eigenvalue weighted by molar-refractivity contribution is 0.0955. The van der Waals surface area contributed by atoms with E-state index < -0.39 is 0 Å². The molecule has 5 nitrogen and oxygen atoms in total. The third-order valence-electron chi connectivity index (χ3n) is 4.29. The highest BCUT2D eigenvalue weighted by Gasteiger charge is 2.16. The maximum Gasteiger partial charge on any atom is 0.251 e. The van der Waals surface area contributed by atoms with E-state index in [9.17, 15) is 4.79 Å². The van der Waals surface area contributed by atoms with Gasteiger partial charge < -0.3 is 16.4 Å². The van der Waals surface area contributed by atoms with Crippen LogP contribution in [0.15, 0.2) is 42.5 Å². The molecule has 0 atom stereocenters. The number of anilines is 2. The Balaban J connectivity index is 0.00000176. The van der Waals surface area contributed by atoms with Crippen LogP contribution in [0.3, 0.4) is 0 Å². The van der Waals surface area contributed by atoms with Gasteiger partial charge in [0.05, 0.1) is 15.7 Å². The van der Waals surface area contributed by atoms with Crippen LogP contribution in [0.25, 0.3) is 11.3 Å². The predicted molar refractivity (Wildman–Crippen MR) is 139 cm³/mol. The molecule has 3 aromatic rings. The van der Waals surface area contributed by atoms with Crippen LogP contribution in [-0.4, -0.2) is 24.0 Å². The minimum atomic E-state index is -0.153. The number of thiazole rings is 1. The van der Waals surface area contributed by atoms with Gasteiger partial charge in [0.25, 0.3) is 5.91 Å². The molecule has 0 aliphatic carbocycles. The van der Waals surface area contributed by atoms with Gasteiger partial charge >= 0.3 is 0 Å². The van der Waals surface area contributed by atoms with E-state index in [1.165, 1.54) is 4.88 Å². The number of hydrogen-bond donors (Lipinski definition) is 3. The number of benzene rings is 2. The molecule has 0 fully saturated rings. The molecule has 172 valence electrons. The van der Waals surface area contributed by atoms with Crippen LogP contribution in [0.4, 0.5) is 10.8 Å². The van der Waals surface area contributed by atoms with Crippen LogP contribution >= 0.6 is 34.5 Å². The largest absolute Gasteiger partial charge is 0.351 e. The van der Waals surface area contributed by atoms with Crippen LogP contribution in [0, 0.1) is 5.92 Å². The monoisotopic (exact) mass is 492 g/mol. The number of nitrogens with one attached hydrogen (secondary N) is 2. The summed E-state index contributed by atoms with van der Waals surface area (Å²) in [7, 11) is 0. The summed E-state index contributed by atoms with van der Waals surface area (Å²) in [5.74, 6) is 0.328. The lowest BCUT2D eigenvalue weighted by Gasteiger charge is -2.07. The highest BCUT2D eigenvalue weighted by Crippen LogP contribution is 2.36. The van der Waals surface area contributed by atoms with Crippen molar-refractivity contribution in [2.75, 3.05) is 18.4 Å². The van der Waals surface area contributed by atoms with E-state index >= 15 is 0 Å². The van der Waals surface area contributed by atoms with E-state index in [1.807, 2.05) is 38.1 Å². The van der Waals surface area contributed by atoms with Crippen molar-refractivity contribution in [2.24, 2.45) is 11.7 Å². The highest BCUT2D eigenvalue weighted by molar-refractivity contribution is 7.16. The third-order valence-corrected chi connectivity index (χ3v) is 6.02. The number of rotatable bonds is 8. The summed E-state index contributed by atoms with van der Waals surface area (Å²) in [4.78, 5) is 18.2. The molecule has 1 aromatic heterocycles. The molecular weight excluding hydrogens is 463 g/mol. The van der Waals surface area contributed by atoms with E-state index in [2.05, 4.69) is 24.5 Å². The Bertz CT molecular complexity index is 1040. The van der Waals surface area contributed by atoms with Gasteiger partial charge in [-0.2, -0.15) is 0 Å². The zero-order valence-electron chi connectivity index (χ0n) is 18.8. The Kier molecular flexibility index (Phi) is 10.5. The minimum absolute atomic E-state index is 0.153. The summed E-state index contributed by atoms with van der Waals surface area (Å²) in [6, 6.07) is 12.9. The van der Waals surface area contributed by atoms with Crippen molar-refractivity contribution in [1.29, 1.82) is 0 Å². The van der Waals surface area contributed by atoms with Crippen LogP contribution in [0.1, 0.15) is 42.9 Å². The van der Waals surface area contributed by atoms with Gasteiger partial charge in [-0.3, -0.25) is 4.79 Å². The second-order valence-corrected chi connectivity index (χ2v) is 9.17. The quantitative estimate of drug-likeness (QED) is 0.323. The van der Waals surface area contributed by atoms with Gasteiger partial charge in [-0.05, 0) is 42.7 Å². The van der Waals surface area contributed by atoms with Crippen molar-refractivity contribution in [3.05, 3.63) is 63.0 Å². The molecule has 0 saturated carbocycles. The van der Waals surface area contributed by atoms with Crippen molar-refractivity contribution < 1.29 is 4.79 Å². The Hall–Kier alpha value is -2.12. The van der Waals surface area contributed by atoms with E-state index in [0.29, 0.717) is 34.6 Å². The normalized spacial score (nSPS) is 10.5. The molecule has 4 N–H and O–H groups in total. The van der Waals surface area contributed by atoms with Gasteiger partial charge in [0.2, 0.25) is 0 Å². The van der Waals surface area contributed by atoms with E-state index in [1.54, 1.807) is 29.5 Å². The number of amides is 1. The van der Waals surface area contributed by atoms with E-state index in [0.717, 1.165) is 28.5 Å². The molecule has 3 rings (SSSR count). The fourth-order valence-corrected chi connectivity index (χ4v) is 4.45. The summed E-state index contributed by atoms with van der Waals surface area (Å²) < 4.78 is 0. The van der Waals surface area contributed by atoms with E-state index in [4.69, 9.17) is 33.9 Å². The zero-order chi connectivity index (χ0) is 23.7. The second-order valence-electron chi connectivity index (χ2n) is 7.27. The van der Waals surface area contributed by atoms with Crippen LogP contribution in [0.5, 0.6) is 0 Å². The Morgan fingerprint density at radius 1 is 1.12 bits per heavy atom. The number of carbonyl (C=O) groups excluding carboxylic acids is 1. The summed E-state index contributed by atoms with van der Waals surface area (Å²) in [5.41, 5.74) is 8.64. The topological polar surface area (TPSA) is 80.0 Å². The van der Waals surface area contributed by atoms with Crippen molar-refractivity contribution in [3.63, 3.8) is 0 Å². The Labute approximate surface area is 204 Å². The fourth-order valence-electron chi connectivity index (χ4n) is 2.93. The molecular formula is C24H30Cl2N4OS. The minimum Gasteiger partial charge on any atom is -0.351 e. The lowest BCUT2D eigenvalue weighted by Crippen LogP contribution is -2.28. The van der Waals surface area contributed by atoms with Gasteiger partial charge in [0, 0.05) is 34.8 Å². The predicted octanol–water partition coefficient (Wildman–Crippen LogP) is 6.77. The zero-order valence-corrected chi connectivity index (χ0v) is 21.2. The van der Waals surface area contributed by atoms with Gasteiger partial charge in [0.1, 0.15) is 0 Å². The highest BCUT2D eigenvalue weighted by atomic mass is 35.5.